The molecule has 0 saturated carbocycles. The summed E-state index contributed by atoms with van der Waals surface area (Å²) in [6, 6.07) is 6.98. The molecule has 16 heavy (non-hydrogen) atoms. The van der Waals surface area contributed by atoms with E-state index in [1.54, 1.807) is 24.3 Å². The zero-order valence-corrected chi connectivity index (χ0v) is 9.57. The van der Waals surface area contributed by atoms with Crippen LogP contribution in [0.4, 0.5) is 0 Å². The van der Waals surface area contributed by atoms with E-state index in [0.29, 0.717) is 22.6 Å². The molecule has 0 heterocycles. The first kappa shape index (κ1) is 11.4. The minimum Gasteiger partial charge on any atom is -0.384 e. The normalized spacial score (nSPS) is 18.1. The molecule has 0 amide bonds. The van der Waals surface area contributed by atoms with Crippen LogP contribution >= 0.6 is 11.6 Å². The van der Waals surface area contributed by atoms with E-state index < -0.39 is 6.10 Å². The van der Waals surface area contributed by atoms with Crippen LogP contribution in [0.1, 0.15) is 30.9 Å². The van der Waals surface area contributed by atoms with E-state index in [4.69, 9.17) is 11.6 Å². The number of hydrogen-bond donors (Lipinski definition) is 1. The van der Waals surface area contributed by atoms with Crippen molar-refractivity contribution in [3.63, 3.8) is 0 Å². The van der Waals surface area contributed by atoms with Crippen molar-refractivity contribution in [3.8, 4) is 0 Å². The number of benzene rings is 1. The van der Waals surface area contributed by atoms with E-state index in [-0.39, 0.29) is 5.78 Å². The van der Waals surface area contributed by atoms with Crippen molar-refractivity contribution in [1.82, 2.24) is 0 Å². The monoisotopic (exact) mass is 236 g/mol. The fraction of sp³-hybridized carbons (Fsp3) is 0.308. The van der Waals surface area contributed by atoms with E-state index in [9.17, 15) is 9.90 Å². The van der Waals surface area contributed by atoms with Crippen molar-refractivity contribution in [3.05, 3.63) is 46.5 Å². The minimum absolute atomic E-state index is 0.0405. The van der Waals surface area contributed by atoms with Crippen LogP contribution < -0.4 is 0 Å². The van der Waals surface area contributed by atoms with Crippen molar-refractivity contribution < 1.29 is 9.90 Å². The van der Waals surface area contributed by atoms with Crippen LogP contribution in [0.2, 0.25) is 5.02 Å². The topological polar surface area (TPSA) is 37.3 Å². The predicted octanol–water partition coefficient (Wildman–Crippen LogP) is 3.05. The van der Waals surface area contributed by atoms with Crippen LogP contribution in [0.25, 0.3) is 0 Å². The van der Waals surface area contributed by atoms with Gasteiger partial charge in [0.05, 0.1) is 0 Å². The van der Waals surface area contributed by atoms with Gasteiger partial charge in [-0.15, -0.1) is 0 Å². The number of Topliss-reactive ketones (excluding diaryl/α,β-unsaturated/α-hetero) is 1. The lowest BCUT2D eigenvalue weighted by Crippen LogP contribution is -2.14. The first-order valence-electron chi connectivity index (χ1n) is 5.35. The van der Waals surface area contributed by atoms with Gasteiger partial charge in [-0.25, -0.2) is 0 Å². The molecule has 2 nitrogen and oxygen atoms in total. The fourth-order valence-electron chi connectivity index (χ4n) is 1.90. The number of ketones is 1. The Kier molecular flexibility index (Phi) is 3.42. The third-order valence-electron chi connectivity index (χ3n) is 2.75. The largest absolute Gasteiger partial charge is 0.384 e. The molecule has 1 unspecified atom stereocenters. The van der Waals surface area contributed by atoms with Gasteiger partial charge in [-0.05, 0) is 30.5 Å². The summed E-state index contributed by atoms with van der Waals surface area (Å²) < 4.78 is 0. The first-order chi connectivity index (χ1) is 7.68. The molecular weight excluding hydrogens is 224 g/mol. The number of carbonyl (C=O) groups is 1. The standard InChI is InChI=1S/C13H13ClO2/c14-10-5-3-4-9(8-10)13(16)11-6-1-2-7-12(11)15/h3-6,8,13,16H,1-2,7H2. The van der Waals surface area contributed by atoms with Gasteiger partial charge in [0, 0.05) is 17.0 Å². The van der Waals surface area contributed by atoms with Crippen LogP contribution in [0.15, 0.2) is 35.9 Å². The average Bonchev–Trinajstić information content (AvgIpc) is 2.29. The van der Waals surface area contributed by atoms with Gasteiger partial charge in [0.2, 0.25) is 0 Å². The molecule has 3 heteroatoms. The van der Waals surface area contributed by atoms with E-state index in [1.807, 2.05) is 6.08 Å². The summed E-state index contributed by atoms with van der Waals surface area (Å²) in [6.45, 7) is 0. The summed E-state index contributed by atoms with van der Waals surface area (Å²) in [7, 11) is 0. The molecule has 1 aromatic carbocycles. The predicted molar refractivity (Wildman–Crippen MR) is 63.4 cm³/mol. The molecule has 0 bridgehead atoms. The second-order valence-corrected chi connectivity index (χ2v) is 4.37. The molecule has 1 aromatic rings. The summed E-state index contributed by atoms with van der Waals surface area (Å²) in [6.07, 6.45) is 3.26. The van der Waals surface area contributed by atoms with Crippen molar-refractivity contribution in [2.75, 3.05) is 0 Å². The van der Waals surface area contributed by atoms with E-state index in [1.165, 1.54) is 0 Å². The molecule has 0 spiro atoms. The Morgan fingerprint density at radius 1 is 1.38 bits per heavy atom. The summed E-state index contributed by atoms with van der Waals surface area (Å²) in [5, 5.41) is 10.7. The maximum atomic E-state index is 11.6. The summed E-state index contributed by atoms with van der Waals surface area (Å²) in [4.78, 5) is 11.6. The second kappa shape index (κ2) is 4.81. The van der Waals surface area contributed by atoms with Gasteiger partial charge < -0.3 is 5.11 Å². The van der Waals surface area contributed by atoms with Crippen LogP contribution in [-0.2, 0) is 4.79 Å². The Hall–Kier alpha value is -1.12. The Balaban J connectivity index is 2.28. The molecule has 0 fully saturated rings. The Morgan fingerprint density at radius 2 is 2.19 bits per heavy atom. The number of rotatable bonds is 2. The van der Waals surface area contributed by atoms with Gasteiger partial charge in [0.25, 0.3) is 0 Å². The zero-order chi connectivity index (χ0) is 11.5. The Bertz CT molecular complexity index is 437. The molecule has 0 radical (unpaired) electrons. The van der Waals surface area contributed by atoms with Crippen molar-refractivity contribution in [2.24, 2.45) is 0 Å². The van der Waals surface area contributed by atoms with Crippen LogP contribution in [0.3, 0.4) is 0 Å². The maximum Gasteiger partial charge on any atom is 0.161 e. The number of allylic oxidation sites excluding steroid dienone is 1. The van der Waals surface area contributed by atoms with E-state index in [0.717, 1.165) is 12.8 Å². The molecule has 0 aromatic heterocycles. The molecule has 1 aliphatic rings. The lowest BCUT2D eigenvalue weighted by molar-refractivity contribution is -0.117. The van der Waals surface area contributed by atoms with Crippen molar-refractivity contribution in [2.45, 2.75) is 25.4 Å². The molecule has 84 valence electrons. The third kappa shape index (κ3) is 2.34. The lowest BCUT2D eigenvalue weighted by atomic mass is 9.91. The number of carbonyl (C=O) groups excluding carboxylic acids is 1. The molecule has 1 N–H and O–H groups in total. The highest BCUT2D eigenvalue weighted by Crippen LogP contribution is 2.28. The lowest BCUT2D eigenvalue weighted by Gasteiger charge is -2.17. The van der Waals surface area contributed by atoms with Gasteiger partial charge in [0.1, 0.15) is 6.10 Å². The molecule has 0 aliphatic heterocycles. The van der Waals surface area contributed by atoms with Gasteiger partial charge in [-0.1, -0.05) is 29.8 Å². The van der Waals surface area contributed by atoms with Crippen molar-refractivity contribution >= 4 is 17.4 Å². The molecule has 1 atom stereocenters. The summed E-state index contributed by atoms with van der Waals surface area (Å²) in [5.41, 5.74) is 1.18. The number of aliphatic hydroxyl groups excluding tert-OH is 1. The molecule has 0 saturated heterocycles. The van der Waals surface area contributed by atoms with Gasteiger partial charge in [-0.3, -0.25) is 4.79 Å². The quantitative estimate of drug-likeness (QED) is 0.857. The van der Waals surface area contributed by atoms with Crippen LogP contribution in [-0.4, -0.2) is 10.9 Å². The second-order valence-electron chi connectivity index (χ2n) is 3.93. The average molecular weight is 237 g/mol. The highest BCUT2D eigenvalue weighted by Gasteiger charge is 2.22. The molecular formula is C13H13ClO2. The third-order valence-corrected chi connectivity index (χ3v) is 2.99. The highest BCUT2D eigenvalue weighted by molar-refractivity contribution is 6.30. The zero-order valence-electron chi connectivity index (χ0n) is 8.82. The minimum atomic E-state index is -0.841. The molecule has 2 rings (SSSR count). The van der Waals surface area contributed by atoms with Crippen molar-refractivity contribution in [1.29, 1.82) is 0 Å². The van der Waals surface area contributed by atoms with Gasteiger partial charge in [-0.2, -0.15) is 0 Å². The van der Waals surface area contributed by atoms with E-state index in [2.05, 4.69) is 0 Å². The van der Waals surface area contributed by atoms with Gasteiger partial charge >= 0.3 is 0 Å². The Morgan fingerprint density at radius 3 is 2.88 bits per heavy atom. The number of hydrogen-bond acceptors (Lipinski definition) is 2. The summed E-state index contributed by atoms with van der Waals surface area (Å²) >= 11 is 5.85. The van der Waals surface area contributed by atoms with E-state index >= 15 is 0 Å². The molecule has 1 aliphatic carbocycles. The van der Waals surface area contributed by atoms with Crippen LogP contribution in [0, 0.1) is 0 Å². The van der Waals surface area contributed by atoms with Crippen LogP contribution in [0.5, 0.6) is 0 Å². The Labute approximate surface area is 99.5 Å². The number of aliphatic hydroxyl groups is 1. The summed E-state index contributed by atoms with van der Waals surface area (Å²) in [5.74, 6) is 0.0405. The smallest absolute Gasteiger partial charge is 0.161 e. The highest BCUT2D eigenvalue weighted by atomic mass is 35.5. The first-order valence-corrected chi connectivity index (χ1v) is 5.73. The van der Waals surface area contributed by atoms with Gasteiger partial charge in [0.15, 0.2) is 5.78 Å². The maximum absolute atomic E-state index is 11.6. The number of halogens is 1. The SMILES string of the molecule is O=C1CCCC=C1C(O)c1cccc(Cl)c1. The fourth-order valence-corrected chi connectivity index (χ4v) is 2.10.